The SMILES string of the molecule is COc1ccc(CN2Cc3ccccc3CC2=O)cc1. The Hall–Kier alpha value is -2.29. The number of nitrogens with zero attached hydrogens (tertiary/aromatic N) is 1. The summed E-state index contributed by atoms with van der Waals surface area (Å²) in [5.41, 5.74) is 3.53. The van der Waals surface area contributed by atoms with Crippen molar-refractivity contribution in [3.05, 3.63) is 65.2 Å². The van der Waals surface area contributed by atoms with E-state index in [-0.39, 0.29) is 5.91 Å². The van der Waals surface area contributed by atoms with Gasteiger partial charge in [0, 0.05) is 13.1 Å². The standard InChI is InChI=1S/C17H17NO2/c1-20-16-8-6-13(7-9-16)11-18-12-15-5-3-2-4-14(15)10-17(18)19/h2-9H,10-12H2,1H3. The van der Waals surface area contributed by atoms with Crippen molar-refractivity contribution in [1.29, 1.82) is 0 Å². The molecule has 1 aliphatic rings. The van der Waals surface area contributed by atoms with Crippen molar-refractivity contribution in [3.63, 3.8) is 0 Å². The minimum Gasteiger partial charge on any atom is -0.497 e. The van der Waals surface area contributed by atoms with Gasteiger partial charge in [-0.2, -0.15) is 0 Å². The zero-order chi connectivity index (χ0) is 13.9. The van der Waals surface area contributed by atoms with Crippen molar-refractivity contribution in [1.82, 2.24) is 4.90 Å². The van der Waals surface area contributed by atoms with E-state index in [2.05, 4.69) is 6.07 Å². The number of fused-ring (bicyclic) bond motifs is 1. The van der Waals surface area contributed by atoms with Crippen LogP contribution in [-0.4, -0.2) is 17.9 Å². The highest BCUT2D eigenvalue weighted by Gasteiger charge is 2.22. The van der Waals surface area contributed by atoms with Crippen LogP contribution in [0.1, 0.15) is 16.7 Å². The van der Waals surface area contributed by atoms with Crippen molar-refractivity contribution >= 4 is 5.91 Å². The number of amides is 1. The molecule has 1 amide bonds. The lowest BCUT2D eigenvalue weighted by Crippen LogP contribution is -2.35. The van der Waals surface area contributed by atoms with Crippen LogP contribution >= 0.6 is 0 Å². The van der Waals surface area contributed by atoms with Crippen LogP contribution in [0.15, 0.2) is 48.5 Å². The second-order valence-electron chi connectivity index (χ2n) is 5.04. The van der Waals surface area contributed by atoms with E-state index in [1.165, 1.54) is 5.56 Å². The van der Waals surface area contributed by atoms with Crippen LogP contribution in [0.3, 0.4) is 0 Å². The topological polar surface area (TPSA) is 29.5 Å². The summed E-state index contributed by atoms with van der Waals surface area (Å²) in [7, 11) is 1.65. The molecular formula is C17H17NO2. The number of hydrogen-bond acceptors (Lipinski definition) is 2. The quantitative estimate of drug-likeness (QED) is 0.855. The summed E-state index contributed by atoms with van der Waals surface area (Å²) in [6.07, 6.45) is 0.506. The van der Waals surface area contributed by atoms with Crippen LogP contribution in [0.25, 0.3) is 0 Å². The molecule has 20 heavy (non-hydrogen) atoms. The smallest absolute Gasteiger partial charge is 0.227 e. The Labute approximate surface area is 118 Å². The van der Waals surface area contributed by atoms with Gasteiger partial charge < -0.3 is 9.64 Å². The summed E-state index contributed by atoms with van der Waals surface area (Å²) in [4.78, 5) is 14.1. The number of carbonyl (C=O) groups excluding carboxylic acids is 1. The van der Waals surface area contributed by atoms with Crippen LogP contribution in [-0.2, 0) is 24.3 Å². The maximum atomic E-state index is 12.2. The Morgan fingerprint density at radius 2 is 1.75 bits per heavy atom. The highest BCUT2D eigenvalue weighted by atomic mass is 16.5. The molecule has 0 saturated carbocycles. The molecule has 1 aliphatic heterocycles. The van der Waals surface area contributed by atoms with Crippen molar-refractivity contribution in [2.24, 2.45) is 0 Å². The second-order valence-corrected chi connectivity index (χ2v) is 5.04. The minimum atomic E-state index is 0.194. The molecule has 3 rings (SSSR count). The molecule has 0 aromatic heterocycles. The Morgan fingerprint density at radius 3 is 2.45 bits per heavy atom. The fraction of sp³-hybridized carbons (Fsp3) is 0.235. The molecular weight excluding hydrogens is 250 g/mol. The molecule has 1 heterocycles. The third kappa shape index (κ3) is 2.52. The molecule has 0 bridgehead atoms. The van der Waals surface area contributed by atoms with E-state index in [1.807, 2.05) is 47.4 Å². The number of hydrogen-bond donors (Lipinski definition) is 0. The predicted molar refractivity (Wildman–Crippen MR) is 77.4 cm³/mol. The summed E-state index contributed by atoms with van der Waals surface area (Å²) in [6.45, 7) is 1.35. The maximum Gasteiger partial charge on any atom is 0.227 e. The van der Waals surface area contributed by atoms with E-state index < -0.39 is 0 Å². The summed E-state index contributed by atoms with van der Waals surface area (Å²) >= 11 is 0. The predicted octanol–water partition coefficient (Wildman–Crippen LogP) is 2.78. The summed E-state index contributed by atoms with van der Waals surface area (Å²) in [6, 6.07) is 16.0. The zero-order valence-electron chi connectivity index (χ0n) is 11.5. The lowest BCUT2D eigenvalue weighted by Gasteiger charge is -2.28. The van der Waals surface area contributed by atoms with Gasteiger partial charge >= 0.3 is 0 Å². The largest absolute Gasteiger partial charge is 0.497 e. The van der Waals surface area contributed by atoms with Gasteiger partial charge in [0.15, 0.2) is 0 Å². The molecule has 102 valence electrons. The van der Waals surface area contributed by atoms with Crippen molar-refractivity contribution in [2.75, 3.05) is 7.11 Å². The highest BCUT2D eigenvalue weighted by molar-refractivity contribution is 5.80. The fourth-order valence-corrected chi connectivity index (χ4v) is 2.55. The molecule has 0 saturated heterocycles. The van der Waals surface area contributed by atoms with Gasteiger partial charge in [-0.25, -0.2) is 0 Å². The Balaban J connectivity index is 1.76. The zero-order valence-corrected chi connectivity index (χ0v) is 11.5. The molecule has 3 heteroatoms. The molecule has 3 nitrogen and oxygen atoms in total. The Kier molecular flexibility index (Phi) is 3.42. The van der Waals surface area contributed by atoms with Gasteiger partial charge in [-0.15, -0.1) is 0 Å². The first-order chi connectivity index (χ1) is 9.76. The molecule has 0 aliphatic carbocycles. The van der Waals surface area contributed by atoms with E-state index in [4.69, 9.17) is 4.74 Å². The molecule has 0 spiro atoms. The molecule has 2 aromatic rings. The molecule has 2 aromatic carbocycles. The average molecular weight is 267 g/mol. The monoisotopic (exact) mass is 267 g/mol. The first kappa shape index (κ1) is 12.7. The maximum absolute atomic E-state index is 12.2. The summed E-state index contributed by atoms with van der Waals surface area (Å²) in [5.74, 6) is 1.03. The normalized spacial score (nSPS) is 14.1. The van der Waals surface area contributed by atoms with Crippen molar-refractivity contribution in [3.8, 4) is 5.75 Å². The number of methoxy groups -OCH3 is 1. The van der Waals surface area contributed by atoms with Gasteiger partial charge in [0.25, 0.3) is 0 Å². The van der Waals surface area contributed by atoms with Crippen molar-refractivity contribution < 1.29 is 9.53 Å². The molecule has 0 N–H and O–H groups in total. The molecule has 0 atom stereocenters. The van der Waals surface area contributed by atoms with Gasteiger partial charge in [-0.1, -0.05) is 36.4 Å². The van der Waals surface area contributed by atoms with Crippen molar-refractivity contribution in [2.45, 2.75) is 19.5 Å². The van der Waals surface area contributed by atoms with Crippen LogP contribution in [0, 0.1) is 0 Å². The Morgan fingerprint density at radius 1 is 1.05 bits per heavy atom. The number of rotatable bonds is 3. The second kappa shape index (κ2) is 5.37. The Bertz CT molecular complexity index is 619. The van der Waals surface area contributed by atoms with E-state index in [0.29, 0.717) is 19.5 Å². The van der Waals surface area contributed by atoms with Crippen LogP contribution in [0.5, 0.6) is 5.75 Å². The number of benzene rings is 2. The van der Waals surface area contributed by atoms with E-state index in [1.54, 1.807) is 7.11 Å². The lowest BCUT2D eigenvalue weighted by atomic mass is 9.99. The third-order valence-corrected chi connectivity index (χ3v) is 3.71. The number of carbonyl (C=O) groups is 1. The van der Waals surface area contributed by atoms with Crippen LogP contribution < -0.4 is 4.74 Å². The average Bonchev–Trinajstić information content (AvgIpc) is 2.49. The lowest BCUT2D eigenvalue weighted by molar-refractivity contribution is -0.132. The van der Waals surface area contributed by atoms with E-state index in [9.17, 15) is 4.79 Å². The van der Waals surface area contributed by atoms with Gasteiger partial charge in [0.05, 0.1) is 13.5 Å². The minimum absolute atomic E-state index is 0.194. The fourth-order valence-electron chi connectivity index (χ4n) is 2.55. The van der Waals surface area contributed by atoms with Gasteiger partial charge in [0.1, 0.15) is 5.75 Å². The number of ether oxygens (including phenoxy) is 1. The summed E-state index contributed by atoms with van der Waals surface area (Å²) < 4.78 is 5.15. The van der Waals surface area contributed by atoms with E-state index >= 15 is 0 Å². The summed E-state index contributed by atoms with van der Waals surface area (Å²) in [5, 5.41) is 0. The molecule has 0 radical (unpaired) electrons. The molecule has 0 unspecified atom stereocenters. The highest BCUT2D eigenvalue weighted by Crippen LogP contribution is 2.22. The van der Waals surface area contributed by atoms with Gasteiger partial charge in [-0.3, -0.25) is 4.79 Å². The third-order valence-electron chi connectivity index (χ3n) is 3.71. The molecule has 0 fully saturated rings. The van der Waals surface area contributed by atoms with Gasteiger partial charge in [0.2, 0.25) is 5.91 Å². The first-order valence-electron chi connectivity index (χ1n) is 6.74. The van der Waals surface area contributed by atoms with E-state index in [0.717, 1.165) is 16.9 Å². The first-order valence-corrected chi connectivity index (χ1v) is 6.74. The van der Waals surface area contributed by atoms with Crippen LogP contribution in [0.4, 0.5) is 0 Å². The van der Waals surface area contributed by atoms with Gasteiger partial charge in [-0.05, 0) is 28.8 Å². The van der Waals surface area contributed by atoms with Crippen LogP contribution in [0.2, 0.25) is 0 Å².